The third-order valence-corrected chi connectivity index (χ3v) is 4.32. The largest absolute Gasteiger partial charge is 0.393 e. The predicted molar refractivity (Wildman–Crippen MR) is 46.2 cm³/mol. The summed E-state index contributed by atoms with van der Waals surface area (Å²) >= 11 is 0. The molecule has 0 aromatic carbocycles. The van der Waals surface area contributed by atoms with Crippen molar-refractivity contribution in [2.75, 3.05) is 19.8 Å². The fraction of sp³-hybridized carbons (Fsp3) is 1.00. The lowest BCUT2D eigenvalue weighted by molar-refractivity contribution is 0.0359. The fourth-order valence-corrected chi connectivity index (χ4v) is 2.39. The first-order chi connectivity index (χ1) is 5.43. The molecule has 1 aliphatic rings. The van der Waals surface area contributed by atoms with Crippen molar-refractivity contribution in [3.05, 3.63) is 0 Å². The Morgan fingerprint density at radius 2 is 2.00 bits per heavy atom. The Balaban J connectivity index is 2.51. The fourth-order valence-electron chi connectivity index (χ4n) is 1.17. The summed E-state index contributed by atoms with van der Waals surface area (Å²) in [5.74, 6) is 0.0404. The van der Waals surface area contributed by atoms with Gasteiger partial charge in [-0.1, -0.05) is 0 Å². The molecule has 5 heteroatoms. The summed E-state index contributed by atoms with van der Waals surface area (Å²) in [4.78, 5) is 0. The van der Waals surface area contributed by atoms with E-state index in [2.05, 4.69) is 0 Å². The van der Waals surface area contributed by atoms with Gasteiger partial charge in [0.2, 0.25) is 10.0 Å². The highest BCUT2D eigenvalue weighted by Crippen LogP contribution is 2.28. The van der Waals surface area contributed by atoms with Crippen LogP contribution in [-0.4, -0.2) is 43.8 Å². The lowest BCUT2D eigenvalue weighted by Gasteiger charge is -2.32. The minimum Gasteiger partial charge on any atom is -0.393 e. The van der Waals surface area contributed by atoms with Gasteiger partial charge in [-0.05, 0) is 12.8 Å². The van der Waals surface area contributed by atoms with Crippen molar-refractivity contribution in [1.82, 2.24) is 4.31 Å². The van der Waals surface area contributed by atoms with Crippen molar-refractivity contribution in [3.8, 4) is 0 Å². The first-order valence-corrected chi connectivity index (χ1v) is 5.62. The van der Waals surface area contributed by atoms with E-state index in [0.717, 1.165) is 12.8 Å². The molecule has 0 heterocycles. The monoisotopic (exact) mass is 193 g/mol. The van der Waals surface area contributed by atoms with E-state index in [-0.39, 0.29) is 11.7 Å². The molecule has 2 unspecified atom stereocenters. The standard InChI is InChI=1S/C7H15NO3S/c1-8(2)12(10,11)5-6-3-4-7(6)9/h6-7,9H,3-5H2,1-2H3. The highest BCUT2D eigenvalue weighted by atomic mass is 32.2. The molecule has 1 saturated carbocycles. The molecule has 1 rings (SSSR count). The number of hydrogen-bond acceptors (Lipinski definition) is 3. The maximum atomic E-state index is 11.3. The van der Waals surface area contributed by atoms with E-state index in [1.165, 1.54) is 18.4 Å². The Bertz CT molecular complexity index is 247. The summed E-state index contributed by atoms with van der Waals surface area (Å²) < 4.78 is 23.8. The Morgan fingerprint density at radius 3 is 2.25 bits per heavy atom. The molecule has 0 aliphatic heterocycles. The van der Waals surface area contributed by atoms with Crippen LogP contribution in [0.3, 0.4) is 0 Å². The van der Waals surface area contributed by atoms with Crippen LogP contribution in [0.5, 0.6) is 0 Å². The second kappa shape index (κ2) is 3.32. The molecule has 0 aromatic rings. The van der Waals surface area contributed by atoms with Gasteiger partial charge in [0, 0.05) is 20.0 Å². The number of aliphatic hydroxyl groups excluding tert-OH is 1. The number of sulfonamides is 1. The van der Waals surface area contributed by atoms with Crippen LogP contribution in [-0.2, 0) is 10.0 Å². The second-order valence-electron chi connectivity index (χ2n) is 3.47. The van der Waals surface area contributed by atoms with Crippen LogP contribution in [0.15, 0.2) is 0 Å². The zero-order chi connectivity index (χ0) is 9.35. The van der Waals surface area contributed by atoms with Gasteiger partial charge < -0.3 is 5.11 Å². The first kappa shape index (κ1) is 9.95. The molecule has 1 fully saturated rings. The van der Waals surface area contributed by atoms with Gasteiger partial charge in [0.15, 0.2) is 0 Å². The summed E-state index contributed by atoms with van der Waals surface area (Å²) in [5, 5.41) is 9.17. The number of nitrogens with zero attached hydrogens (tertiary/aromatic N) is 1. The van der Waals surface area contributed by atoms with Crippen LogP contribution in [0.4, 0.5) is 0 Å². The third kappa shape index (κ3) is 1.97. The SMILES string of the molecule is CN(C)S(=O)(=O)CC1CCC1O. The zero-order valence-corrected chi connectivity index (χ0v) is 8.21. The van der Waals surface area contributed by atoms with E-state index in [0.29, 0.717) is 0 Å². The maximum absolute atomic E-state index is 11.3. The second-order valence-corrected chi connectivity index (χ2v) is 5.69. The average molecular weight is 193 g/mol. The minimum absolute atomic E-state index is 0.0441. The van der Waals surface area contributed by atoms with Crippen molar-refractivity contribution in [1.29, 1.82) is 0 Å². The van der Waals surface area contributed by atoms with E-state index in [4.69, 9.17) is 5.11 Å². The van der Waals surface area contributed by atoms with Crippen LogP contribution in [0.2, 0.25) is 0 Å². The average Bonchev–Trinajstić information content (AvgIpc) is 1.97. The molecule has 1 aliphatic carbocycles. The molecule has 0 aromatic heterocycles. The van der Waals surface area contributed by atoms with Gasteiger partial charge in [0.25, 0.3) is 0 Å². The summed E-state index contributed by atoms with van der Waals surface area (Å²) in [7, 11) is -0.0893. The normalized spacial score (nSPS) is 30.3. The van der Waals surface area contributed by atoms with Gasteiger partial charge in [0.1, 0.15) is 0 Å². The molecular formula is C7H15NO3S. The van der Waals surface area contributed by atoms with Crippen LogP contribution < -0.4 is 0 Å². The molecule has 0 radical (unpaired) electrons. The Kier molecular flexibility index (Phi) is 2.75. The third-order valence-electron chi connectivity index (χ3n) is 2.36. The smallest absolute Gasteiger partial charge is 0.213 e. The van der Waals surface area contributed by atoms with Crippen molar-refractivity contribution in [3.63, 3.8) is 0 Å². The van der Waals surface area contributed by atoms with Crippen LogP contribution >= 0.6 is 0 Å². The van der Waals surface area contributed by atoms with Gasteiger partial charge in [-0.15, -0.1) is 0 Å². The number of hydrogen-bond donors (Lipinski definition) is 1. The number of aliphatic hydroxyl groups is 1. The van der Waals surface area contributed by atoms with Crippen LogP contribution in [0, 0.1) is 5.92 Å². The molecule has 2 atom stereocenters. The molecule has 4 nitrogen and oxygen atoms in total. The van der Waals surface area contributed by atoms with Gasteiger partial charge in [-0.25, -0.2) is 12.7 Å². The Morgan fingerprint density at radius 1 is 1.42 bits per heavy atom. The molecular weight excluding hydrogens is 178 g/mol. The van der Waals surface area contributed by atoms with Crippen molar-refractivity contribution >= 4 is 10.0 Å². The molecule has 72 valence electrons. The highest BCUT2D eigenvalue weighted by Gasteiger charge is 2.33. The van der Waals surface area contributed by atoms with Gasteiger partial charge in [-0.2, -0.15) is 0 Å². The summed E-state index contributed by atoms with van der Waals surface area (Å²) in [6.45, 7) is 0. The predicted octanol–water partition coefficient (Wildman–Crippen LogP) is -0.351. The maximum Gasteiger partial charge on any atom is 0.213 e. The first-order valence-electron chi connectivity index (χ1n) is 4.02. The molecule has 1 N–H and O–H groups in total. The van der Waals surface area contributed by atoms with E-state index in [1.54, 1.807) is 0 Å². The number of rotatable bonds is 3. The molecule has 0 bridgehead atoms. The lowest BCUT2D eigenvalue weighted by atomic mass is 9.84. The highest BCUT2D eigenvalue weighted by molar-refractivity contribution is 7.89. The molecule has 0 spiro atoms. The topological polar surface area (TPSA) is 57.6 Å². The minimum atomic E-state index is -3.12. The molecule has 0 amide bonds. The van der Waals surface area contributed by atoms with E-state index in [1.807, 2.05) is 0 Å². The molecule has 12 heavy (non-hydrogen) atoms. The van der Waals surface area contributed by atoms with Crippen molar-refractivity contribution < 1.29 is 13.5 Å². The zero-order valence-electron chi connectivity index (χ0n) is 7.40. The van der Waals surface area contributed by atoms with E-state index >= 15 is 0 Å². The van der Waals surface area contributed by atoms with E-state index < -0.39 is 16.1 Å². The summed E-state index contributed by atoms with van der Waals surface area (Å²) in [6.07, 6.45) is 1.17. The summed E-state index contributed by atoms with van der Waals surface area (Å²) in [5.41, 5.74) is 0. The Labute approximate surface area is 73.2 Å². The van der Waals surface area contributed by atoms with E-state index in [9.17, 15) is 8.42 Å². The van der Waals surface area contributed by atoms with Crippen LogP contribution in [0.25, 0.3) is 0 Å². The lowest BCUT2D eigenvalue weighted by Crippen LogP contribution is -2.39. The van der Waals surface area contributed by atoms with Crippen LogP contribution in [0.1, 0.15) is 12.8 Å². The summed E-state index contributed by atoms with van der Waals surface area (Å²) in [6, 6.07) is 0. The Hall–Kier alpha value is -0.130. The van der Waals surface area contributed by atoms with Crippen molar-refractivity contribution in [2.45, 2.75) is 18.9 Å². The van der Waals surface area contributed by atoms with Crippen molar-refractivity contribution in [2.24, 2.45) is 5.92 Å². The van der Waals surface area contributed by atoms with Gasteiger partial charge in [-0.3, -0.25) is 0 Å². The van der Waals surface area contributed by atoms with Gasteiger partial charge >= 0.3 is 0 Å². The molecule has 0 saturated heterocycles. The van der Waals surface area contributed by atoms with Gasteiger partial charge in [0.05, 0.1) is 11.9 Å². The quantitative estimate of drug-likeness (QED) is 0.666.